The molecule has 7 heteroatoms. The summed E-state index contributed by atoms with van der Waals surface area (Å²) < 4.78 is 7.14. The van der Waals surface area contributed by atoms with Gasteiger partial charge >= 0.3 is 0 Å². The minimum Gasteiger partial charge on any atom is -0.379 e. The van der Waals surface area contributed by atoms with Crippen molar-refractivity contribution in [1.29, 1.82) is 0 Å². The minimum absolute atomic E-state index is 0.777. The first-order valence-electron chi connectivity index (χ1n) is 8.58. The van der Waals surface area contributed by atoms with Gasteiger partial charge in [-0.05, 0) is 24.1 Å². The fourth-order valence-electron chi connectivity index (χ4n) is 3.07. The summed E-state index contributed by atoms with van der Waals surface area (Å²) in [6.45, 7) is 4.86. The average molecular weight is 338 g/mol. The predicted molar refractivity (Wildman–Crippen MR) is 97.0 cm³/mol. The molecule has 25 heavy (non-hydrogen) atoms. The summed E-state index contributed by atoms with van der Waals surface area (Å²) in [5.74, 6) is 0.777. The lowest BCUT2D eigenvalue weighted by atomic mass is 10.1. The van der Waals surface area contributed by atoms with E-state index >= 15 is 0 Å². The number of anilines is 2. The van der Waals surface area contributed by atoms with Crippen molar-refractivity contribution in [2.45, 2.75) is 6.42 Å². The SMILES string of the molecule is Cn1ncc2c(Nc3ccc(CCN4CCOCC4)cc3)ncnc21. The highest BCUT2D eigenvalue weighted by Crippen LogP contribution is 2.22. The molecule has 3 heterocycles. The van der Waals surface area contributed by atoms with E-state index in [9.17, 15) is 0 Å². The van der Waals surface area contributed by atoms with Gasteiger partial charge in [-0.3, -0.25) is 9.58 Å². The average Bonchev–Trinajstić information content (AvgIpc) is 3.04. The molecule has 1 aromatic carbocycles. The third kappa shape index (κ3) is 3.62. The van der Waals surface area contributed by atoms with Gasteiger partial charge in [0.25, 0.3) is 0 Å². The van der Waals surface area contributed by atoms with E-state index in [1.165, 1.54) is 5.56 Å². The molecule has 1 fully saturated rings. The Bertz CT molecular complexity index is 838. The van der Waals surface area contributed by atoms with Crippen LogP contribution in [0.4, 0.5) is 11.5 Å². The largest absolute Gasteiger partial charge is 0.379 e. The molecule has 0 spiro atoms. The maximum absolute atomic E-state index is 5.39. The third-order valence-electron chi connectivity index (χ3n) is 4.57. The quantitative estimate of drug-likeness (QED) is 0.767. The zero-order chi connectivity index (χ0) is 17.1. The van der Waals surface area contributed by atoms with Gasteiger partial charge in [-0.1, -0.05) is 12.1 Å². The molecule has 0 atom stereocenters. The van der Waals surface area contributed by atoms with Crippen LogP contribution in [0.25, 0.3) is 11.0 Å². The zero-order valence-corrected chi connectivity index (χ0v) is 14.4. The molecular weight excluding hydrogens is 316 g/mol. The van der Waals surface area contributed by atoms with Gasteiger partial charge in [0.2, 0.25) is 0 Å². The second-order valence-electron chi connectivity index (χ2n) is 6.25. The Hall–Kier alpha value is -2.51. The molecule has 0 aliphatic carbocycles. The number of aryl methyl sites for hydroxylation is 1. The topological polar surface area (TPSA) is 68.1 Å². The number of fused-ring (bicyclic) bond motifs is 1. The van der Waals surface area contributed by atoms with E-state index < -0.39 is 0 Å². The number of hydrogen-bond acceptors (Lipinski definition) is 6. The van der Waals surface area contributed by atoms with Gasteiger partial charge in [-0.25, -0.2) is 9.97 Å². The van der Waals surface area contributed by atoms with E-state index in [1.54, 1.807) is 17.2 Å². The summed E-state index contributed by atoms with van der Waals surface area (Å²) in [5.41, 5.74) is 3.17. The molecule has 1 aliphatic rings. The maximum Gasteiger partial charge on any atom is 0.163 e. The summed E-state index contributed by atoms with van der Waals surface area (Å²) >= 11 is 0. The summed E-state index contributed by atoms with van der Waals surface area (Å²) in [6, 6.07) is 8.53. The molecule has 4 rings (SSSR count). The fraction of sp³-hybridized carbons (Fsp3) is 0.389. The summed E-state index contributed by atoms with van der Waals surface area (Å²) in [5, 5.41) is 8.52. The highest BCUT2D eigenvalue weighted by molar-refractivity contribution is 5.88. The molecule has 2 aromatic heterocycles. The van der Waals surface area contributed by atoms with Crippen molar-refractivity contribution in [2.24, 2.45) is 7.05 Å². The first kappa shape index (κ1) is 16.0. The Morgan fingerprint density at radius 2 is 1.92 bits per heavy atom. The normalized spacial score (nSPS) is 15.6. The van der Waals surface area contributed by atoms with E-state index in [0.29, 0.717) is 0 Å². The van der Waals surface area contributed by atoms with Crippen molar-refractivity contribution in [2.75, 3.05) is 38.2 Å². The Labute approximate surface area is 146 Å². The van der Waals surface area contributed by atoms with Crippen molar-refractivity contribution in [3.8, 4) is 0 Å². The molecule has 1 saturated heterocycles. The number of aromatic nitrogens is 4. The van der Waals surface area contributed by atoms with Crippen molar-refractivity contribution < 1.29 is 4.74 Å². The van der Waals surface area contributed by atoms with Crippen LogP contribution in [0.2, 0.25) is 0 Å². The smallest absolute Gasteiger partial charge is 0.163 e. The molecular formula is C18H22N6O. The van der Waals surface area contributed by atoms with Gasteiger partial charge in [0.1, 0.15) is 12.1 Å². The number of morpholine rings is 1. The van der Waals surface area contributed by atoms with E-state index in [4.69, 9.17) is 4.74 Å². The number of hydrogen-bond donors (Lipinski definition) is 1. The van der Waals surface area contributed by atoms with Crippen LogP contribution in [0.5, 0.6) is 0 Å². The van der Waals surface area contributed by atoms with Gasteiger partial charge in [0.05, 0.1) is 24.8 Å². The lowest BCUT2D eigenvalue weighted by Gasteiger charge is -2.26. The standard InChI is InChI=1S/C18H22N6O/c1-23-18-16(12-21-23)17(19-13-20-18)22-15-4-2-14(3-5-15)6-7-24-8-10-25-11-9-24/h2-5,12-13H,6-11H2,1H3,(H,19,20,22). The first-order valence-corrected chi connectivity index (χ1v) is 8.58. The summed E-state index contributed by atoms with van der Waals surface area (Å²) in [6.07, 6.45) is 4.40. The van der Waals surface area contributed by atoms with Gasteiger partial charge in [0, 0.05) is 32.4 Å². The first-order chi connectivity index (χ1) is 12.3. The number of benzene rings is 1. The molecule has 1 aliphatic heterocycles. The Balaban J connectivity index is 1.41. The molecule has 1 N–H and O–H groups in total. The summed E-state index contributed by atoms with van der Waals surface area (Å²) in [4.78, 5) is 11.1. The highest BCUT2D eigenvalue weighted by Gasteiger charge is 2.10. The zero-order valence-electron chi connectivity index (χ0n) is 14.4. The minimum atomic E-state index is 0.777. The van der Waals surface area contributed by atoms with Crippen molar-refractivity contribution in [3.63, 3.8) is 0 Å². The van der Waals surface area contributed by atoms with Crippen molar-refractivity contribution in [3.05, 3.63) is 42.4 Å². The Kier molecular flexibility index (Phi) is 4.58. The number of rotatable bonds is 5. The number of nitrogens with zero attached hydrogens (tertiary/aromatic N) is 5. The molecule has 0 bridgehead atoms. The fourth-order valence-corrected chi connectivity index (χ4v) is 3.07. The van der Waals surface area contributed by atoms with Crippen LogP contribution in [0, 0.1) is 0 Å². The second kappa shape index (κ2) is 7.16. The predicted octanol–water partition coefficient (Wildman–Crippen LogP) is 1.98. The molecule has 130 valence electrons. The van der Waals surface area contributed by atoms with E-state index in [2.05, 4.69) is 49.5 Å². The Morgan fingerprint density at radius 3 is 2.72 bits per heavy atom. The molecule has 0 amide bonds. The highest BCUT2D eigenvalue weighted by atomic mass is 16.5. The van der Waals surface area contributed by atoms with Crippen LogP contribution < -0.4 is 5.32 Å². The lowest BCUT2D eigenvalue weighted by molar-refractivity contribution is 0.0384. The van der Waals surface area contributed by atoms with E-state index in [-0.39, 0.29) is 0 Å². The molecule has 3 aromatic rings. The van der Waals surface area contributed by atoms with Crippen molar-refractivity contribution in [1.82, 2.24) is 24.6 Å². The molecule has 0 radical (unpaired) electrons. The van der Waals surface area contributed by atoms with Gasteiger partial charge in [0.15, 0.2) is 5.65 Å². The van der Waals surface area contributed by atoms with Crippen LogP contribution in [0.1, 0.15) is 5.56 Å². The second-order valence-corrected chi connectivity index (χ2v) is 6.25. The molecule has 0 unspecified atom stereocenters. The van der Waals surface area contributed by atoms with Gasteiger partial charge in [-0.2, -0.15) is 5.10 Å². The number of nitrogens with one attached hydrogen (secondary N) is 1. The van der Waals surface area contributed by atoms with Crippen molar-refractivity contribution >= 4 is 22.5 Å². The van der Waals surface area contributed by atoms with Gasteiger partial charge < -0.3 is 10.1 Å². The van der Waals surface area contributed by atoms with Crippen LogP contribution in [0.3, 0.4) is 0 Å². The van der Waals surface area contributed by atoms with Crippen LogP contribution in [0.15, 0.2) is 36.8 Å². The maximum atomic E-state index is 5.39. The van der Waals surface area contributed by atoms with Crippen LogP contribution >= 0.6 is 0 Å². The summed E-state index contributed by atoms with van der Waals surface area (Å²) in [7, 11) is 1.88. The Morgan fingerprint density at radius 1 is 1.12 bits per heavy atom. The third-order valence-corrected chi connectivity index (χ3v) is 4.57. The molecule has 0 saturated carbocycles. The van der Waals surface area contributed by atoms with E-state index in [0.717, 1.165) is 61.8 Å². The number of ether oxygens (including phenoxy) is 1. The van der Waals surface area contributed by atoms with Crippen LogP contribution in [-0.4, -0.2) is 57.5 Å². The monoisotopic (exact) mass is 338 g/mol. The van der Waals surface area contributed by atoms with Gasteiger partial charge in [-0.15, -0.1) is 0 Å². The molecule has 7 nitrogen and oxygen atoms in total. The lowest BCUT2D eigenvalue weighted by Crippen LogP contribution is -2.37. The van der Waals surface area contributed by atoms with E-state index in [1.807, 2.05) is 7.05 Å². The van der Waals surface area contributed by atoms with Crippen LogP contribution in [-0.2, 0) is 18.2 Å².